The number of benzene rings is 11. The van der Waals surface area contributed by atoms with Gasteiger partial charge >= 0.3 is 0 Å². The minimum absolute atomic E-state index is 0.168. The molecule has 0 atom stereocenters. The molecule has 0 nitrogen and oxygen atoms in total. The van der Waals surface area contributed by atoms with Crippen LogP contribution < -0.4 is 0 Å². The highest BCUT2D eigenvalue weighted by atomic mass is 32.1. The Labute approximate surface area is 372 Å². The van der Waals surface area contributed by atoms with Crippen molar-refractivity contribution in [1.29, 1.82) is 0 Å². The first-order valence-electron chi connectivity index (χ1n) is 21.9. The van der Waals surface area contributed by atoms with Crippen LogP contribution in [0.2, 0.25) is 0 Å². The van der Waals surface area contributed by atoms with Gasteiger partial charge in [-0.05, 0) is 130 Å². The SMILES string of the molecule is CC1(C)c2ccc(-c3cc4ccccc4c4c3sc3cc5sc6ccccc6c5cc34)cc2-c2ccc(-c3c4ccccc4c(-c4cccc5ccccc45)c4ccccc34)cc21. The highest BCUT2D eigenvalue weighted by molar-refractivity contribution is 7.28. The maximum Gasteiger partial charge on any atom is 0.0440 e. The lowest BCUT2D eigenvalue weighted by Gasteiger charge is -2.23. The van der Waals surface area contributed by atoms with Crippen LogP contribution in [0, 0.1) is 0 Å². The molecule has 14 rings (SSSR count). The van der Waals surface area contributed by atoms with Crippen molar-refractivity contribution in [1.82, 2.24) is 0 Å². The molecule has 2 heteroatoms. The summed E-state index contributed by atoms with van der Waals surface area (Å²) in [5.74, 6) is 0. The van der Waals surface area contributed by atoms with E-state index in [4.69, 9.17) is 0 Å². The van der Waals surface area contributed by atoms with Crippen LogP contribution in [0.3, 0.4) is 0 Å². The summed E-state index contributed by atoms with van der Waals surface area (Å²) in [5, 5.41) is 15.7. The standard InChI is InChI=1S/C61H38S2/c1-61(2)52-29-27-37(48-30-36-15-4-6-18-40(36)59-51-33-50-42-19-11-12-25-54(42)62-55(50)34-56(51)63-60(48)59)31-49(52)41-28-26-38(32-53(41)61)57-44-20-7-9-22-46(44)58(47-23-10-8-21-45(47)57)43-24-13-16-35-14-3-5-17-39(35)43/h3-34H,1-2H3. The number of thiophene rings is 2. The van der Waals surface area contributed by atoms with Gasteiger partial charge in [0.2, 0.25) is 0 Å². The van der Waals surface area contributed by atoms with Crippen molar-refractivity contribution >= 4 is 106 Å². The van der Waals surface area contributed by atoms with E-state index < -0.39 is 0 Å². The lowest BCUT2D eigenvalue weighted by Crippen LogP contribution is -2.15. The maximum atomic E-state index is 2.51. The van der Waals surface area contributed by atoms with Gasteiger partial charge in [0.15, 0.2) is 0 Å². The molecule has 63 heavy (non-hydrogen) atoms. The second-order valence-corrected chi connectivity index (χ2v) is 20.0. The van der Waals surface area contributed by atoms with Crippen LogP contribution in [0.15, 0.2) is 194 Å². The fourth-order valence-electron chi connectivity index (χ4n) is 11.3. The van der Waals surface area contributed by atoms with Crippen LogP contribution in [0.4, 0.5) is 0 Å². The molecule has 0 spiro atoms. The molecule has 0 bridgehead atoms. The molecule has 11 aromatic carbocycles. The van der Waals surface area contributed by atoms with Crippen LogP contribution in [-0.2, 0) is 5.41 Å². The Kier molecular flexibility index (Phi) is 7.31. The van der Waals surface area contributed by atoms with Crippen molar-refractivity contribution in [2.75, 3.05) is 0 Å². The van der Waals surface area contributed by atoms with E-state index in [1.165, 1.54) is 139 Å². The van der Waals surface area contributed by atoms with Crippen molar-refractivity contribution in [2.24, 2.45) is 0 Å². The van der Waals surface area contributed by atoms with E-state index in [-0.39, 0.29) is 5.41 Å². The smallest absolute Gasteiger partial charge is 0.0440 e. The zero-order chi connectivity index (χ0) is 41.6. The third-order valence-electron chi connectivity index (χ3n) is 14.2. The van der Waals surface area contributed by atoms with E-state index in [0.717, 1.165) is 0 Å². The minimum atomic E-state index is -0.168. The van der Waals surface area contributed by atoms with Gasteiger partial charge in [0, 0.05) is 51.3 Å². The first-order chi connectivity index (χ1) is 31.0. The molecule has 0 aliphatic heterocycles. The highest BCUT2D eigenvalue weighted by Crippen LogP contribution is 2.54. The van der Waals surface area contributed by atoms with Gasteiger partial charge in [-0.1, -0.05) is 172 Å². The first kappa shape index (κ1) is 35.5. The lowest BCUT2D eigenvalue weighted by molar-refractivity contribution is 0.660. The van der Waals surface area contributed by atoms with Crippen molar-refractivity contribution in [2.45, 2.75) is 19.3 Å². The summed E-state index contributed by atoms with van der Waals surface area (Å²) in [6.45, 7) is 4.83. The molecule has 0 N–H and O–H groups in total. The summed E-state index contributed by atoms with van der Waals surface area (Å²) in [6.07, 6.45) is 0. The predicted octanol–water partition coefficient (Wildman–Crippen LogP) is 18.3. The Morgan fingerprint density at radius 2 is 0.937 bits per heavy atom. The molecule has 0 saturated heterocycles. The number of hydrogen-bond donors (Lipinski definition) is 0. The molecule has 0 radical (unpaired) electrons. The highest BCUT2D eigenvalue weighted by Gasteiger charge is 2.36. The number of fused-ring (bicyclic) bond motifs is 14. The first-order valence-corrected chi connectivity index (χ1v) is 23.5. The van der Waals surface area contributed by atoms with Gasteiger partial charge in [-0.3, -0.25) is 0 Å². The molecule has 2 aromatic heterocycles. The van der Waals surface area contributed by atoms with Gasteiger partial charge in [-0.25, -0.2) is 0 Å². The van der Waals surface area contributed by atoms with Gasteiger partial charge in [0.25, 0.3) is 0 Å². The van der Waals surface area contributed by atoms with Crippen LogP contribution >= 0.6 is 22.7 Å². The Morgan fingerprint density at radius 3 is 1.71 bits per heavy atom. The Morgan fingerprint density at radius 1 is 0.317 bits per heavy atom. The van der Waals surface area contributed by atoms with Gasteiger partial charge in [0.05, 0.1) is 0 Å². The monoisotopic (exact) mass is 834 g/mol. The third kappa shape index (κ3) is 4.97. The van der Waals surface area contributed by atoms with Gasteiger partial charge in [0.1, 0.15) is 0 Å². The summed E-state index contributed by atoms with van der Waals surface area (Å²) in [6, 6.07) is 73.4. The van der Waals surface area contributed by atoms with Crippen molar-refractivity contribution in [3.05, 3.63) is 205 Å². The molecule has 0 fully saturated rings. The summed E-state index contributed by atoms with van der Waals surface area (Å²) in [5.41, 5.74) is 13.0. The lowest BCUT2D eigenvalue weighted by atomic mass is 9.80. The van der Waals surface area contributed by atoms with E-state index in [9.17, 15) is 0 Å². The van der Waals surface area contributed by atoms with E-state index in [2.05, 4.69) is 208 Å². The molecule has 1 aliphatic rings. The maximum absolute atomic E-state index is 2.51. The Bertz CT molecular complexity index is 4060. The van der Waals surface area contributed by atoms with Crippen molar-refractivity contribution in [3.8, 4) is 44.5 Å². The molecule has 0 saturated carbocycles. The normalized spacial score (nSPS) is 13.4. The average Bonchev–Trinajstić information content (AvgIpc) is 3.96. The second kappa shape index (κ2) is 13.0. The van der Waals surface area contributed by atoms with Crippen LogP contribution in [-0.4, -0.2) is 0 Å². The molecule has 1 aliphatic carbocycles. The summed E-state index contributed by atoms with van der Waals surface area (Å²) in [4.78, 5) is 0. The van der Waals surface area contributed by atoms with Crippen molar-refractivity contribution in [3.63, 3.8) is 0 Å². The van der Waals surface area contributed by atoms with Gasteiger partial charge in [-0.2, -0.15) is 0 Å². The Hall–Kier alpha value is -7.10. The molecule has 0 amide bonds. The molecule has 294 valence electrons. The molecule has 13 aromatic rings. The zero-order valence-corrected chi connectivity index (χ0v) is 36.4. The fourth-order valence-corrected chi connectivity index (χ4v) is 13.8. The van der Waals surface area contributed by atoms with Crippen LogP contribution in [0.25, 0.3) is 128 Å². The van der Waals surface area contributed by atoms with E-state index in [1.54, 1.807) is 0 Å². The molecular weight excluding hydrogens is 797 g/mol. The van der Waals surface area contributed by atoms with E-state index >= 15 is 0 Å². The summed E-state index contributed by atoms with van der Waals surface area (Å²) < 4.78 is 5.43. The van der Waals surface area contributed by atoms with Gasteiger partial charge < -0.3 is 0 Å². The van der Waals surface area contributed by atoms with Crippen LogP contribution in [0.1, 0.15) is 25.0 Å². The van der Waals surface area contributed by atoms with Crippen LogP contribution in [0.5, 0.6) is 0 Å². The number of rotatable bonds is 3. The summed E-state index contributed by atoms with van der Waals surface area (Å²) in [7, 11) is 0. The van der Waals surface area contributed by atoms with Crippen molar-refractivity contribution < 1.29 is 0 Å². The van der Waals surface area contributed by atoms with E-state index in [1.807, 2.05) is 22.7 Å². The predicted molar refractivity (Wildman–Crippen MR) is 276 cm³/mol. The van der Waals surface area contributed by atoms with Gasteiger partial charge in [-0.15, -0.1) is 22.7 Å². The molecule has 2 heterocycles. The zero-order valence-electron chi connectivity index (χ0n) is 34.8. The minimum Gasteiger partial charge on any atom is -0.135 e. The summed E-state index contributed by atoms with van der Waals surface area (Å²) >= 11 is 3.85. The quantitative estimate of drug-likeness (QED) is 0.156. The third-order valence-corrected chi connectivity index (χ3v) is 16.5. The second-order valence-electron chi connectivity index (χ2n) is 17.9. The fraction of sp³-hybridized carbons (Fsp3) is 0.0492. The molecule has 0 unspecified atom stereocenters. The number of hydrogen-bond acceptors (Lipinski definition) is 2. The largest absolute Gasteiger partial charge is 0.135 e. The topological polar surface area (TPSA) is 0 Å². The molecular formula is C61H38S2. The van der Waals surface area contributed by atoms with E-state index in [0.29, 0.717) is 0 Å². The Balaban J connectivity index is 0.959. The average molecular weight is 835 g/mol.